The first kappa shape index (κ1) is 19.8. The van der Waals surface area contributed by atoms with Gasteiger partial charge in [-0.2, -0.15) is 0 Å². The van der Waals surface area contributed by atoms with Crippen molar-refractivity contribution in [2.75, 3.05) is 13.1 Å². The maximum Gasteiger partial charge on any atom is 0.251 e. The van der Waals surface area contributed by atoms with Gasteiger partial charge in [0.2, 0.25) is 5.91 Å². The van der Waals surface area contributed by atoms with Crippen LogP contribution in [0, 0.1) is 0 Å². The number of carbonyl (C=O) groups excluding carboxylic acids is 1. The molecule has 0 radical (unpaired) electrons. The first-order valence-corrected chi connectivity index (χ1v) is 9.90. The monoisotopic (exact) mass is 433 g/mol. The Bertz CT molecular complexity index is 827. The Labute approximate surface area is 166 Å². The second-order valence-electron chi connectivity index (χ2n) is 6.91. The van der Waals surface area contributed by atoms with Crippen LogP contribution < -0.4 is 10.9 Å². The molecule has 0 saturated carbocycles. The van der Waals surface area contributed by atoms with E-state index in [0.717, 1.165) is 42.5 Å². The van der Waals surface area contributed by atoms with E-state index in [1.54, 1.807) is 12.3 Å². The summed E-state index contributed by atoms with van der Waals surface area (Å²) in [5.41, 5.74) is 2.04. The summed E-state index contributed by atoms with van der Waals surface area (Å²) in [6, 6.07) is 11.3. The fourth-order valence-electron chi connectivity index (χ4n) is 3.14. The Morgan fingerprint density at radius 1 is 1.11 bits per heavy atom. The molecule has 27 heavy (non-hydrogen) atoms. The van der Waals surface area contributed by atoms with Gasteiger partial charge in [0.1, 0.15) is 6.54 Å². The van der Waals surface area contributed by atoms with E-state index in [9.17, 15) is 14.7 Å². The number of nitrogens with one attached hydrogen (secondary N) is 1. The number of carbonyl (C=O) groups is 1. The quantitative estimate of drug-likeness (QED) is 0.729. The van der Waals surface area contributed by atoms with E-state index in [2.05, 4.69) is 38.3 Å². The van der Waals surface area contributed by atoms with Crippen molar-refractivity contribution < 1.29 is 9.90 Å². The van der Waals surface area contributed by atoms with Gasteiger partial charge in [0, 0.05) is 42.9 Å². The summed E-state index contributed by atoms with van der Waals surface area (Å²) in [5, 5.41) is 12.4. The lowest BCUT2D eigenvalue weighted by Gasteiger charge is -2.29. The van der Waals surface area contributed by atoms with Gasteiger partial charge in [0.05, 0.1) is 6.10 Å². The van der Waals surface area contributed by atoms with Gasteiger partial charge in [-0.05, 0) is 46.0 Å². The molecule has 1 aliphatic heterocycles. The summed E-state index contributed by atoms with van der Waals surface area (Å²) >= 11 is 3.30. The highest BCUT2D eigenvalue weighted by molar-refractivity contribution is 9.10. The van der Waals surface area contributed by atoms with Crippen LogP contribution in [0.4, 0.5) is 0 Å². The van der Waals surface area contributed by atoms with E-state index in [1.165, 1.54) is 16.2 Å². The highest BCUT2D eigenvalue weighted by atomic mass is 79.9. The third kappa shape index (κ3) is 6.02. The van der Waals surface area contributed by atoms with Crippen LogP contribution >= 0.6 is 15.9 Å². The number of aromatic nitrogens is 1. The van der Waals surface area contributed by atoms with Gasteiger partial charge in [-0.25, -0.2) is 0 Å². The molecule has 0 aliphatic carbocycles. The summed E-state index contributed by atoms with van der Waals surface area (Å²) in [6.45, 7) is 3.15. The van der Waals surface area contributed by atoms with Crippen molar-refractivity contribution in [3.8, 4) is 0 Å². The molecule has 1 aromatic carbocycles. The lowest BCUT2D eigenvalue weighted by Crippen LogP contribution is -2.35. The van der Waals surface area contributed by atoms with Gasteiger partial charge in [-0.1, -0.05) is 24.3 Å². The Hall–Kier alpha value is -1.96. The van der Waals surface area contributed by atoms with Crippen molar-refractivity contribution in [3.63, 3.8) is 0 Å². The van der Waals surface area contributed by atoms with Crippen molar-refractivity contribution in [2.24, 2.45) is 0 Å². The number of nitrogens with zero attached hydrogens (tertiary/aromatic N) is 2. The number of amides is 1. The van der Waals surface area contributed by atoms with Crippen LogP contribution in [0.5, 0.6) is 0 Å². The number of rotatable bonds is 6. The maximum absolute atomic E-state index is 12.1. The molecule has 0 atom stereocenters. The van der Waals surface area contributed by atoms with Crippen molar-refractivity contribution in [2.45, 2.75) is 38.6 Å². The van der Waals surface area contributed by atoms with Gasteiger partial charge in [-0.15, -0.1) is 0 Å². The molecule has 7 heteroatoms. The van der Waals surface area contributed by atoms with E-state index in [4.69, 9.17) is 0 Å². The molecule has 0 bridgehead atoms. The number of pyridine rings is 1. The molecular weight excluding hydrogens is 410 g/mol. The third-order valence-corrected chi connectivity index (χ3v) is 5.21. The minimum atomic E-state index is -0.206. The Morgan fingerprint density at radius 3 is 2.48 bits per heavy atom. The molecule has 1 amide bonds. The minimum absolute atomic E-state index is 0.00281. The number of likely N-dealkylation sites (tertiary alicyclic amines) is 1. The normalized spacial score (nSPS) is 15.6. The molecule has 144 valence electrons. The second-order valence-corrected chi connectivity index (χ2v) is 7.83. The molecule has 2 N–H and O–H groups in total. The van der Waals surface area contributed by atoms with Crippen LogP contribution in [0.25, 0.3) is 0 Å². The molecule has 0 unspecified atom stereocenters. The Morgan fingerprint density at radius 2 is 1.78 bits per heavy atom. The highest BCUT2D eigenvalue weighted by Crippen LogP contribution is 2.14. The number of piperidine rings is 1. The molecule has 1 aliphatic rings. The summed E-state index contributed by atoms with van der Waals surface area (Å²) in [7, 11) is 0. The molecule has 3 rings (SSSR count). The standard InChI is InChI=1S/C20H24BrN3O3/c21-17-5-6-20(27)24(13-17)14-19(26)22-11-15-1-3-16(4-2-15)12-23-9-7-18(25)8-10-23/h1-6,13,18,25H,7-12,14H2,(H,22,26). The number of hydrogen-bond acceptors (Lipinski definition) is 4. The van der Waals surface area contributed by atoms with E-state index in [0.29, 0.717) is 6.54 Å². The maximum atomic E-state index is 12.1. The van der Waals surface area contributed by atoms with Gasteiger partial charge < -0.3 is 15.0 Å². The highest BCUT2D eigenvalue weighted by Gasteiger charge is 2.16. The van der Waals surface area contributed by atoms with Crippen LogP contribution in [0.15, 0.2) is 51.9 Å². The van der Waals surface area contributed by atoms with Crippen LogP contribution in [0.1, 0.15) is 24.0 Å². The third-order valence-electron chi connectivity index (χ3n) is 4.74. The number of aliphatic hydroxyl groups excluding tert-OH is 1. The first-order valence-electron chi connectivity index (χ1n) is 9.10. The minimum Gasteiger partial charge on any atom is -0.393 e. The number of aliphatic hydroxyl groups is 1. The van der Waals surface area contributed by atoms with Crippen LogP contribution in [-0.4, -0.2) is 39.7 Å². The SMILES string of the molecule is O=C(Cn1cc(Br)ccc1=O)NCc1ccc(CN2CCC(O)CC2)cc1. The molecule has 0 spiro atoms. The Kier molecular flexibility index (Phi) is 6.82. The molecule has 2 aromatic rings. The van der Waals surface area contributed by atoms with Crippen LogP contribution in [-0.2, 0) is 24.4 Å². The molecule has 6 nitrogen and oxygen atoms in total. The summed E-state index contributed by atoms with van der Waals surface area (Å²) in [4.78, 5) is 26.2. The lowest BCUT2D eigenvalue weighted by atomic mass is 10.1. The summed E-state index contributed by atoms with van der Waals surface area (Å²) in [5.74, 6) is -0.203. The summed E-state index contributed by atoms with van der Waals surface area (Å²) in [6.07, 6.45) is 3.13. The zero-order valence-corrected chi connectivity index (χ0v) is 16.7. The predicted molar refractivity (Wildman–Crippen MR) is 107 cm³/mol. The van der Waals surface area contributed by atoms with Crippen molar-refractivity contribution >= 4 is 21.8 Å². The van der Waals surface area contributed by atoms with Crippen molar-refractivity contribution in [1.29, 1.82) is 0 Å². The van der Waals surface area contributed by atoms with Gasteiger partial charge in [0.25, 0.3) is 5.56 Å². The first-order chi connectivity index (χ1) is 13.0. The van der Waals surface area contributed by atoms with E-state index >= 15 is 0 Å². The average molecular weight is 434 g/mol. The fraction of sp³-hybridized carbons (Fsp3) is 0.400. The fourth-order valence-corrected chi connectivity index (χ4v) is 3.51. The smallest absolute Gasteiger partial charge is 0.251 e. The molecular formula is C20H24BrN3O3. The van der Waals surface area contributed by atoms with E-state index in [-0.39, 0.29) is 24.1 Å². The second kappa shape index (κ2) is 9.30. The van der Waals surface area contributed by atoms with E-state index in [1.807, 2.05) is 12.1 Å². The predicted octanol–water partition coefficient (Wildman–Crippen LogP) is 1.88. The molecule has 1 saturated heterocycles. The largest absolute Gasteiger partial charge is 0.393 e. The van der Waals surface area contributed by atoms with Crippen LogP contribution in [0.3, 0.4) is 0 Å². The van der Waals surface area contributed by atoms with Crippen molar-refractivity contribution in [1.82, 2.24) is 14.8 Å². The molecule has 1 aromatic heterocycles. The Balaban J connectivity index is 1.47. The van der Waals surface area contributed by atoms with Gasteiger partial charge in [0.15, 0.2) is 0 Å². The zero-order chi connectivity index (χ0) is 19.2. The molecule has 2 heterocycles. The zero-order valence-electron chi connectivity index (χ0n) is 15.1. The lowest BCUT2D eigenvalue weighted by molar-refractivity contribution is -0.121. The topological polar surface area (TPSA) is 74.6 Å². The van der Waals surface area contributed by atoms with E-state index < -0.39 is 0 Å². The number of benzene rings is 1. The van der Waals surface area contributed by atoms with Gasteiger partial charge in [-0.3, -0.25) is 14.5 Å². The molecule has 1 fully saturated rings. The number of hydrogen-bond donors (Lipinski definition) is 2. The van der Waals surface area contributed by atoms with Gasteiger partial charge >= 0.3 is 0 Å². The van der Waals surface area contributed by atoms with Crippen LogP contribution in [0.2, 0.25) is 0 Å². The average Bonchev–Trinajstić information content (AvgIpc) is 2.66. The summed E-state index contributed by atoms with van der Waals surface area (Å²) < 4.78 is 2.13. The van der Waals surface area contributed by atoms with Crippen molar-refractivity contribution in [3.05, 3.63) is 68.5 Å². The number of halogens is 1.